The number of piperidine rings is 1. The second kappa shape index (κ2) is 20.7. The summed E-state index contributed by atoms with van der Waals surface area (Å²) in [6.07, 6.45) is 10.4. The summed E-state index contributed by atoms with van der Waals surface area (Å²) in [5.74, 6) is 0.154. The van der Waals surface area contributed by atoms with Crippen LogP contribution < -0.4 is 19.7 Å². The van der Waals surface area contributed by atoms with Crippen LogP contribution in [0.4, 0.5) is 17.1 Å². The molecule has 2 aromatic heterocycles. The fourth-order valence-electron chi connectivity index (χ4n) is 11.8. The largest absolute Gasteiger partial charge is 0.455 e. The van der Waals surface area contributed by atoms with Gasteiger partial charge in [-0.25, -0.2) is 18.1 Å². The molecule has 73 heavy (non-hydrogen) atoms. The van der Waals surface area contributed by atoms with Crippen LogP contribution >= 0.6 is 11.6 Å². The first-order valence-electron chi connectivity index (χ1n) is 25.6. The minimum Gasteiger partial charge on any atom is -0.455 e. The fourth-order valence-corrected chi connectivity index (χ4v) is 13.0. The number of aliphatic hydroxyl groups is 1. The van der Waals surface area contributed by atoms with Crippen molar-refractivity contribution in [2.75, 3.05) is 49.5 Å². The summed E-state index contributed by atoms with van der Waals surface area (Å²) in [7, 11) is -4.59. The zero-order valence-electron chi connectivity index (χ0n) is 41.7. The third-order valence-corrected chi connectivity index (χ3v) is 17.8. The van der Waals surface area contributed by atoms with Crippen LogP contribution in [0, 0.1) is 21.4 Å². The summed E-state index contributed by atoms with van der Waals surface area (Å²) in [6, 6.07) is 30.2. The number of piperazine rings is 1. The molecule has 384 valence electrons. The molecule has 6 aromatic rings. The van der Waals surface area contributed by atoms with Crippen LogP contribution in [0.25, 0.3) is 11.0 Å². The highest BCUT2D eigenvalue weighted by atomic mass is 35.5. The third-order valence-electron chi connectivity index (χ3n) is 16.1. The van der Waals surface area contributed by atoms with Crippen LogP contribution in [-0.4, -0.2) is 95.0 Å². The summed E-state index contributed by atoms with van der Waals surface area (Å²) >= 11 is 6.65. The van der Waals surface area contributed by atoms with Crippen LogP contribution in [0.15, 0.2) is 114 Å². The van der Waals surface area contributed by atoms with E-state index in [1.807, 2.05) is 31.2 Å². The molecule has 10 rings (SSSR count). The van der Waals surface area contributed by atoms with E-state index in [1.165, 1.54) is 23.3 Å². The van der Waals surface area contributed by atoms with E-state index >= 15 is 0 Å². The number of nitrogens with one attached hydrogen (secondary N) is 3. The lowest BCUT2D eigenvalue weighted by Gasteiger charge is -2.58. The number of amides is 1. The summed E-state index contributed by atoms with van der Waals surface area (Å²) in [5.41, 5.74) is 4.71. The number of hydrogen-bond acceptors (Lipinski definition) is 12. The van der Waals surface area contributed by atoms with Gasteiger partial charge in [-0.3, -0.25) is 24.7 Å². The van der Waals surface area contributed by atoms with Gasteiger partial charge in [-0.05, 0) is 135 Å². The van der Waals surface area contributed by atoms with Gasteiger partial charge in [0.05, 0.1) is 27.2 Å². The van der Waals surface area contributed by atoms with Crippen molar-refractivity contribution in [3.05, 3.63) is 147 Å². The van der Waals surface area contributed by atoms with Crippen molar-refractivity contribution in [2.45, 2.75) is 107 Å². The highest BCUT2D eigenvalue weighted by Gasteiger charge is 2.50. The van der Waals surface area contributed by atoms with Crippen molar-refractivity contribution >= 4 is 55.6 Å². The van der Waals surface area contributed by atoms with E-state index in [4.69, 9.17) is 16.3 Å². The smallest absolute Gasteiger partial charge is 0.293 e. The van der Waals surface area contributed by atoms with Crippen molar-refractivity contribution in [1.29, 1.82) is 0 Å². The van der Waals surface area contributed by atoms with Crippen molar-refractivity contribution < 1.29 is 28.0 Å². The van der Waals surface area contributed by atoms with Crippen molar-refractivity contribution in [3.63, 3.8) is 0 Å². The molecule has 1 atom stereocenters. The van der Waals surface area contributed by atoms with E-state index in [0.717, 1.165) is 106 Å². The Hall–Kier alpha value is -6.04. The van der Waals surface area contributed by atoms with Gasteiger partial charge < -0.3 is 25.0 Å². The van der Waals surface area contributed by atoms with Crippen LogP contribution in [-0.2, 0) is 16.6 Å². The third kappa shape index (κ3) is 11.1. The van der Waals surface area contributed by atoms with Gasteiger partial charge >= 0.3 is 0 Å². The van der Waals surface area contributed by atoms with E-state index in [1.54, 1.807) is 30.6 Å². The lowest BCUT2D eigenvalue weighted by atomic mass is 9.59. The van der Waals surface area contributed by atoms with E-state index in [9.17, 15) is 28.4 Å². The quantitative estimate of drug-likeness (QED) is 0.0564. The molecule has 17 heteroatoms. The Morgan fingerprint density at radius 3 is 2.47 bits per heavy atom. The molecule has 2 aliphatic carbocycles. The normalized spacial score (nSPS) is 21.8. The minimum absolute atomic E-state index is 0.0309. The van der Waals surface area contributed by atoms with Gasteiger partial charge in [0.15, 0.2) is 0 Å². The maximum Gasteiger partial charge on any atom is 0.293 e. The SMILES string of the molecule is CC(C)c1ccccc1C1CN(Cc2ccccc2Cl)CCN1C1CC2(CCN(c3ccc(C(=O)NS(=O)(=O)c4ccc(NCC5CCC(C)(O)CC5)c([N+](=O)[O-])c4)c(Oc4cnc5[nH]ccc5c4)c3)CC2)C1. The molecular formula is C56H65ClN8O7S. The van der Waals surface area contributed by atoms with Crippen molar-refractivity contribution in [1.82, 2.24) is 24.5 Å². The summed E-state index contributed by atoms with van der Waals surface area (Å²) in [6.45, 7) is 12.1. The number of hydrogen-bond donors (Lipinski definition) is 4. The Labute approximate surface area is 432 Å². The number of rotatable bonds is 15. The van der Waals surface area contributed by atoms with Gasteiger partial charge in [0.2, 0.25) is 0 Å². The number of nitrogens with zero attached hydrogens (tertiary/aromatic N) is 5. The molecule has 0 bridgehead atoms. The summed E-state index contributed by atoms with van der Waals surface area (Å²) in [5, 5.41) is 27.3. The number of H-pyrrole nitrogens is 1. The van der Waals surface area contributed by atoms with Gasteiger partial charge in [-0.2, -0.15) is 0 Å². The molecule has 2 aliphatic heterocycles. The predicted octanol–water partition coefficient (Wildman–Crippen LogP) is 10.8. The molecule has 2 saturated carbocycles. The molecular weight excluding hydrogens is 964 g/mol. The van der Waals surface area contributed by atoms with E-state index in [-0.39, 0.29) is 34.4 Å². The Morgan fingerprint density at radius 2 is 1.71 bits per heavy atom. The molecule has 4 aliphatic rings. The van der Waals surface area contributed by atoms with Gasteiger partial charge in [0.1, 0.15) is 22.8 Å². The number of nitro benzene ring substituents is 1. The van der Waals surface area contributed by atoms with Crippen LogP contribution in [0.3, 0.4) is 0 Å². The number of pyridine rings is 1. The second-order valence-corrected chi connectivity index (χ2v) is 23.6. The Morgan fingerprint density at radius 1 is 0.959 bits per heavy atom. The highest BCUT2D eigenvalue weighted by molar-refractivity contribution is 7.90. The number of carbonyl (C=O) groups is 1. The van der Waals surface area contributed by atoms with Crippen LogP contribution in [0.2, 0.25) is 5.02 Å². The van der Waals surface area contributed by atoms with E-state index in [2.05, 4.69) is 85.0 Å². The maximum atomic E-state index is 14.1. The molecule has 4 N–H and O–H groups in total. The van der Waals surface area contributed by atoms with Gasteiger partial charge in [-0.1, -0.05) is 67.9 Å². The molecule has 1 amide bonds. The molecule has 15 nitrogen and oxygen atoms in total. The Kier molecular flexibility index (Phi) is 14.3. The highest BCUT2D eigenvalue weighted by Crippen LogP contribution is 2.53. The van der Waals surface area contributed by atoms with Crippen LogP contribution in [0.1, 0.15) is 111 Å². The molecule has 0 radical (unpaired) electrons. The van der Waals surface area contributed by atoms with Gasteiger partial charge in [0.25, 0.3) is 21.6 Å². The van der Waals surface area contributed by atoms with Gasteiger partial charge in [-0.15, -0.1) is 0 Å². The van der Waals surface area contributed by atoms with Gasteiger partial charge in [0, 0.05) is 92.3 Å². The second-order valence-electron chi connectivity index (χ2n) is 21.5. The zero-order valence-corrected chi connectivity index (χ0v) is 43.3. The molecule has 2 saturated heterocycles. The summed E-state index contributed by atoms with van der Waals surface area (Å²) < 4.78 is 36.2. The molecule has 4 fully saturated rings. The number of nitro groups is 1. The lowest BCUT2D eigenvalue weighted by Crippen LogP contribution is -2.60. The first kappa shape index (κ1) is 50.5. The maximum absolute atomic E-state index is 14.1. The Bertz CT molecular complexity index is 3100. The Balaban J connectivity index is 0.834. The minimum atomic E-state index is -4.59. The molecule has 1 unspecified atom stereocenters. The number of carbonyl (C=O) groups excluding carboxylic acids is 1. The number of anilines is 2. The number of sulfonamides is 1. The standard InChI is InChI=1S/C56H65ClN8O7S/c1-37(2)45-9-5-6-10-46(45)51-36-62(35-40-8-4-7-11-48(40)57)26-27-64(51)42-31-56(32-42)21-24-63(25-22-56)41-12-14-47(52(29-41)72-43-28-39-18-23-58-53(39)60-34-43)54(66)61-73(70,71)44-13-15-49(50(30-44)65(68)69)59-33-38-16-19-55(3,67)20-17-38/h4-15,18,23,28-30,34,37-38,42,51,59,67H,16-17,19-22,24-27,31-33,35-36H2,1-3H3,(H,58,60)(H,61,66). The van der Waals surface area contributed by atoms with Crippen molar-refractivity contribution in [3.8, 4) is 11.5 Å². The first-order valence-corrected chi connectivity index (χ1v) is 27.5. The first-order chi connectivity index (χ1) is 35.0. The molecule has 4 aromatic carbocycles. The fraction of sp³-hybridized carbons (Fsp3) is 0.429. The molecule has 4 heterocycles. The van der Waals surface area contributed by atoms with E-state index in [0.29, 0.717) is 42.7 Å². The van der Waals surface area contributed by atoms with Crippen LogP contribution in [0.5, 0.6) is 11.5 Å². The summed E-state index contributed by atoms with van der Waals surface area (Å²) in [4.78, 5) is 40.4. The number of halogens is 1. The number of aromatic nitrogens is 2. The average molecular weight is 1030 g/mol. The van der Waals surface area contributed by atoms with Crippen molar-refractivity contribution in [2.24, 2.45) is 11.3 Å². The molecule has 1 spiro atoms. The predicted molar refractivity (Wildman–Crippen MR) is 285 cm³/mol. The average Bonchev–Trinajstić information content (AvgIpc) is 3.84. The van der Waals surface area contributed by atoms with E-state index < -0.39 is 37.0 Å². The zero-order chi connectivity index (χ0) is 51.1. The number of benzene rings is 4. The topological polar surface area (TPSA) is 186 Å². The number of ether oxygens (including phenoxy) is 1. The number of fused-ring (bicyclic) bond motifs is 1. The number of aromatic amines is 1. The lowest BCUT2D eigenvalue weighted by molar-refractivity contribution is -0.384. The monoisotopic (exact) mass is 1030 g/mol.